The molecule has 17 heavy (non-hydrogen) atoms. The standard InChI is InChI=1S/C11H17N5S/c1-3-9(11-12-5-6-17-11)13-7-10-14-8-15-16(10)4-2/h5-6,8-9,13H,3-4,7H2,1-2H3. The summed E-state index contributed by atoms with van der Waals surface area (Å²) in [7, 11) is 0. The SMILES string of the molecule is CCC(NCc1ncnn1CC)c1nccs1. The van der Waals surface area contributed by atoms with Crippen LogP contribution in [0, 0.1) is 0 Å². The van der Waals surface area contributed by atoms with Gasteiger partial charge in [0.25, 0.3) is 0 Å². The third-order valence-corrected chi connectivity index (χ3v) is 3.55. The van der Waals surface area contributed by atoms with E-state index in [9.17, 15) is 0 Å². The van der Waals surface area contributed by atoms with Gasteiger partial charge in [-0.1, -0.05) is 6.92 Å². The number of aromatic nitrogens is 4. The Morgan fingerprint density at radius 3 is 2.94 bits per heavy atom. The highest BCUT2D eigenvalue weighted by Crippen LogP contribution is 2.18. The van der Waals surface area contributed by atoms with Crippen LogP contribution in [0.15, 0.2) is 17.9 Å². The maximum absolute atomic E-state index is 4.34. The fraction of sp³-hybridized carbons (Fsp3) is 0.545. The maximum Gasteiger partial charge on any atom is 0.140 e. The van der Waals surface area contributed by atoms with Gasteiger partial charge >= 0.3 is 0 Å². The average molecular weight is 251 g/mol. The van der Waals surface area contributed by atoms with Crippen molar-refractivity contribution in [1.82, 2.24) is 25.1 Å². The Bertz CT molecular complexity index is 436. The molecule has 92 valence electrons. The summed E-state index contributed by atoms with van der Waals surface area (Å²) in [6.45, 7) is 5.80. The highest BCUT2D eigenvalue weighted by Gasteiger charge is 2.12. The second-order valence-corrected chi connectivity index (χ2v) is 4.63. The molecule has 0 amide bonds. The zero-order valence-electron chi connectivity index (χ0n) is 10.1. The van der Waals surface area contributed by atoms with Crippen molar-refractivity contribution in [1.29, 1.82) is 0 Å². The second-order valence-electron chi connectivity index (χ2n) is 3.70. The summed E-state index contributed by atoms with van der Waals surface area (Å²) in [5, 5.41) is 10.8. The van der Waals surface area contributed by atoms with Gasteiger partial charge in [0, 0.05) is 18.1 Å². The van der Waals surface area contributed by atoms with Crippen LogP contribution in [0.1, 0.15) is 37.1 Å². The smallest absolute Gasteiger partial charge is 0.140 e. The first-order valence-corrected chi connectivity index (χ1v) is 6.72. The lowest BCUT2D eigenvalue weighted by Crippen LogP contribution is -2.22. The normalized spacial score (nSPS) is 12.8. The highest BCUT2D eigenvalue weighted by atomic mass is 32.1. The van der Waals surface area contributed by atoms with Crippen LogP contribution < -0.4 is 5.32 Å². The monoisotopic (exact) mass is 251 g/mol. The van der Waals surface area contributed by atoms with Crippen molar-refractivity contribution in [3.8, 4) is 0 Å². The molecule has 0 bridgehead atoms. The van der Waals surface area contributed by atoms with Crippen LogP contribution in [0.4, 0.5) is 0 Å². The predicted octanol–water partition coefficient (Wildman–Crippen LogP) is 2.00. The molecule has 5 nitrogen and oxygen atoms in total. The highest BCUT2D eigenvalue weighted by molar-refractivity contribution is 7.09. The molecule has 0 aliphatic heterocycles. The van der Waals surface area contributed by atoms with Gasteiger partial charge in [-0.15, -0.1) is 11.3 Å². The molecule has 1 N–H and O–H groups in total. The Morgan fingerprint density at radius 1 is 1.41 bits per heavy atom. The van der Waals surface area contributed by atoms with E-state index < -0.39 is 0 Å². The average Bonchev–Trinajstić information content (AvgIpc) is 2.99. The lowest BCUT2D eigenvalue weighted by atomic mass is 10.2. The van der Waals surface area contributed by atoms with Crippen LogP contribution in [0.3, 0.4) is 0 Å². The van der Waals surface area contributed by atoms with Crippen molar-refractivity contribution in [2.24, 2.45) is 0 Å². The van der Waals surface area contributed by atoms with Gasteiger partial charge in [0.05, 0.1) is 12.6 Å². The van der Waals surface area contributed by atoms with Crippen LogP contribution >= 0.6 is 11.3 Å². The van der Waals surface area contributed by atoms with Gasteiger partial charge in [0.15, 0.2) is 0 Å². The summed E-state index contributed by atoms with van der Waals surface area (Å²) < 4.78 is 1.90. The fourth-order valence-electron chi connectivity index (χ4n) is 1.72. The number of aryl methyl sites for hydroxylation is 1. The predicted molar refractivity (Wildman–Crippen MR) is 67.7 cm³/mol. The van der Waals surface area contributed by atoms with Crippen LogP contribution in [-0.2, 0) is 13.1 Å². The summed E-state index contributed by atoms with van der Waals surface area (Å²) in [6, 6.07) is 0.303. The van der Waals surface area contributed by atoms with Crippen LogP contribution in [0.5, 0.6) is 0 Å². The fourth-order valence-corrected chi connectivity index (χ4v) is 2.51. The largest absolute Gasteiger partial charge is 0.301 e. The van der Waals surface area contributed by atoms with Crippen molar-refractivity contribution in [2.75, 3.05) is 0 Å². The van der Waals surface area contributed by atoms with Gasteiger partial charge in [-0.2, -0.15) is 5.10 Å². The minimum atomic E-state index is 0.303. The van der Waals surface area contributed by atoms with Gasteiger partial charge in [0.1, 0.15) is 17.2 Å². The third kappa shape index (κ3) is 2.89. The van der Waals surface area contributed by atoms with Crippen molar-refractivity contribution >= 4 is 11.3 Å². The summed E-state index contributed by atoms with van der Waals surface area (Å²) in [5.74, 6) is 0.975. The molecule has 0 aliphatic carbocycles. The number of thiazole rings is 1. The number of rotatable bonds is 6. The van der Waals surface area contributed by atoms with Crippen molar-refractivity contribution in [3.05, 3.63) is 28.7 Å². The molecule has 1 atom stereocenters. The Morgan fingerprint density at radius 2 is 2.29 bits per heavy atom. The molecule has 6 heteroatoms. The molecule has 2 heterocycles. The number of hydrogen-bond acceptors (Lipinski definition) is 5. The molecule has 0 aliphatic rings. The van der Waals surface area contributed by atoms with Crippen molar-refractivity contribution < 1.29 is 0 Å². The molecule has 0 spiro atoms. The number of nitrogens with one attached hydrogen (secondary N) is 1. The van der Waals surface area contributed by atoms with E-state index in [0.717, 1.165) is 30.3 Å². The lowest BCUT2D eigenvalue weighted by molar-refractivity contribution is 0.487. The van der Waals surface area contributed by atoms with E-state index >= 15 is 0 Å². The summed E-state index contributed by atoms with van der Waals surface area (Å²) >= 11 is 1.69. The van der Waals surface area contributed by atoms with Gasteiger partial charge in [0.2, 0.25) is 0 Å². The van der Waals surface area contributed by atoms with Gasteiger partial charge < -0.3 is 5.32 Å². The third-order valence-electron chi connectivity index (χ3n) is 2.66. The molecular weight excluding hydrogens is 234 g/mol. The van der Waals surface area contributed by atoms with E-state index in [-0.39, 0.29) is 0 Å². The molecular formula is C11H17N5S. The van der Waals surface area contributed by atoms with Crippen molar-refractivity contribution in [3.63, 3.8) is 0 Å². The first kappa shape index (κ1) is 12.2. The Kier molecular flexibility index (Phi) is 4.22. The summed E-state index contributed by atoms with van der Waals surface area (Å²) in [5.41, 5.74) is 0. The molecule has 2 rings (SSSR count). The van der Waals surface area contributed by atoms with E-state index in [2.05, 4.69) is 34.2 Å². The summed E-state index contributed by atoms with van der Waals surface area (Å²) in [4.78, 5) is 8.59. The molecule has 0 radical (unpaired) electrons. The molecule has 2 aromatic heterocycles. The van der Waals surface area contributed by atoms with E-state index in [1.54, 1.807) is 17.7 Å². The lowest BCUT2D eigenvalue weighted by Gasteiger charge is -2.14. The van der Waals surface area contributed by atoms with Gasteiger partial charge in [-0.3, -0.25) is 0 Å². The maximum atomic E-state index is 4.34. The first-order valence-electron chi connectivity index (χ1n) is 5.84. The van der Waals surface area contributed by atoms with E-state index in [1.807, 2.05) is 16.3 Å². The van der Waals surface area contributed by atoms with Gasteiger partial charge in [-0.25, -0.2) is 14.6 Å². The molecule has 0 saturated carbocycles. The minimum absolute atomic E-state index is 0.303. The van der Waals surface area contributed by atoms with Crippen LogP contribution in [0.25, 0.3) is 0 Å². The number of nitrogens with zero attached hydrogens (tertiary/aromatic N) is 4. The molecule has 2 aromatic rings. The Labute approximate surface area is 105 Å². The molecule has 0 aromatic carbocycles. The molecule has 1 unspecified atom stereocenters. The minimum Gasteiger partial charge on any atom is -0.301 e. The van der Waals surface area contributed by atoms with Gasteiger partial charge in [-0.05, 0) is 13.3 Å². The van der Waals surface area contributed by atoms with E-state index in [0.29, 0.717) is 6.04 Å². The summed E-state index contributed by atoms with van der Waals surface area (Å²) in [6.07, 6.45) is 4.47. The second kappa shape index (κ2) is 5.88. The van der Waals surface area contributed by atoms with E-state index in [1.165, 1.54) is 0 Å². The quantitative estimate of drug-likeness (QED) is 0.853. The topological polar surface area (TPSA) is 55.6 Å². The van der Waals surface area contributed by atoms with Crippen LogP contribution in [-0.4, -0.2) is 19.7 Å². The Hall–Kier alpha value is -1.27. The van der Waals surface area contributed by atoms with E-state index in [4.69, 9.17) is 0 Å². The Balaban J connectivity index is 1.97. The van der Waals surface area contributed by atoms with Crippen molar-refractivity contribution in [2.45, 2.75) is 39.4 Å². The molecule has 0 fully saturated rings. The molecule has 0 saturated heterocycles. The number of hydrogen-bond donors (Lipinski definition) is 1. The zero-order chi connectivity index (χ0) is 12.1. The van der Waals surface area contributed by atoms with Crippen LogP contribution in [0.2, 0.25) is 0 Å². The first-order chi connectivity index (χ1) is 8.35. The zero-order valence-corrected chi connectivity index (χ0v) is 10.9.